The van der Waals surface area contributed by atoms with E-state index in [9.17, 15) is 0 Å². The summed E-state index contributed by atoms with van der Waals surface area (Å²) in [6.45, 7) is 26.0. The van der Waals surface area contributed by atoms with Crippen molar-refractivity contribution >= 4 is 11.1 Å². The predicted octanol–water partition coefficient (Wildman–Crippen LogP) is 11.1. The van der Waals surface area contributed by atoms with Gasteiger partial charge in [-0.2, -0.15) is 0 Å². The molecule has 1 aromatic carbocycles. The molecule has 0 spiro atoms. The van der Waals surface area contributed by atoms with E-state index in [-0.39, 0.29) is 5.41 Å². The van der Waals surface area contributed by atoms with Gasteiger partial charge in [0, 0.05) is 0 Å². The maximum atomic E-state index is 4.34. The van der Waals surface area contributed by atoms with Crippen molar-refractivity contribution in [1.29, 1.82) is 0 Å². The van der Waals surface area contributed by atoms with Crippen LogP contribution in [0.4, 0.5) is 0 Å². The van der Waals surface area contributed by atoms with Crippen LogP contribution >= 0.6 is 0 Å². The van der Waals surface area contributed by atoms with Crippen molar-refractivity contribution in [1.82, 2.24) is 0 Å². The highest BCUT2D eigenvalue weighted by atomic mass is 14.2. The lowest BCUT2D eigenvalue weighted by Crippen LogP contribution is -2.06. The summed E-state index contributed by atoms with van der Waals surface area (Å²) in [5, 5.41) is 0. The van der Waals surface area contributed by atoms with Crippen LogP contribution in [0.2, 0.25) is 0 Å². The average Bonchev–Trinajstić information content (AvgIpc) is 2.78. The van der Waals surface area contributed by atoms with E-state index in [2.05, 4.69) is 129 Å². The molecule has 0 nitrogen and oxygen atoms in total. The summed E-state index contributed by atoms with van der Waals surface area (Å²) in [4.78, 5) is 0. The molecule has 0 aliphatic heterocycles. The van der Waals surface area contributed by atoms with Crippen LogP contribution in [-0.4, -0.2) is 0 Å². The van der Waals surface area contributed by atoms with Crippen molar-refractivity contribution in [3.05, 3.63) is 108 Å². The number of aryl methyl sites for hydroxylation is 1. The molecule has 0 heteroatoms. The van der Waals surface area contributed by atoms with E-state index in [1.54, 1.807) is 0 Å². The number of benzene rings is 1. The molecular formula is C35H50. The Kier molecular flexibility index (Phi) is 13.4. The molecule has 0 aliphatic carbocycles. The van der Waals surface area contributed by atoms with Crippen molar-refractivity contribution < 1.29 is 0 Å². The molecule has 0 radical (unpaired) electrons. The van der Waals surface area contributed by atoms with Crippen LogP contribution in [0.1, 0.15) is 90.8 Å². The molecule has 2 atom stereocenters. The van der Waals surface area contributed by atoms with Gasteiger partial charge in [-0.15, -0.1) is 0 Å². The van der Waals surface area contributed by atoms with Crippen molar-refractivity contribution in [2.75, 3.05) is 0 Å². The zero-order chi connectivity index (χ0) is 26.4. The second-order valence-electron chi connectivity index (χ2n) is 11.0. The molecule has 0 fully saturated rings. The van der Waals surface area contributed by atoms with E-state index in [1.165, 1.54) is 53.5 Å². The summed E-state index contributed by atoms with van der Waals surface area (Å²) in [5.41, 5.74) is 7.28. The fourth-order valence-electron chi connectivity index (χ4n) is 3.96. The fourth-order valence-corrected chi connectivity index (χ4v) is 3.96. The maximum Gasteiger partial charge on any atom is -0.0137 e. The van der Waals surface area contributed by atoms with Crippen LogP contribution in [0.3, 0.4) is 0 Å². The molecule has 35 heavy (non-hydrogen) atoms. The van der Waals surface area contributed by atoms with E-state index in [1.807, 2.05) is 12.2 Å². The van der Waals surface area contributed by atoms with E-state index in [0.717, 1.165) is 11.5 Å². The molecule has 0 N–H and O–H groups in total. The number of allylic oxidation sites excluding steroid dienone is 12. The van der Waals surface area contributed by atoms with Gasteiger partial charge in [0.05, 0.1) is 0 Å². The zero-order valence-electron chi connectivity index (χ0n) is 23.8. The predicted molar refractivity (Wildman–Crippen MR) is 161 cm³/mol. The first kappa shape index (κ1) is 30.4. The lowest BCUT2D eigenvalue weighted by atomic mass is 9.85. The van der Waals surface area contributed by atoms with Gasteiger partial charge in [-0.3, -0.25) is 0 Å². The summed E-state index contributed by atoms with van der Waals surface area (Å²) in [7, 11) is 0. The molecule has 0 aromatic heterocycles. The Labute approximate surface area is 217 Å². The fraction of sp³-hybridized carbons (Fsp3) is 0.429. The second kappa shape index (κ2) is 15.4. The van der Waals surface area contributed by atoms with Gasteiger partial charge < -0.3 is 0 Å². The second-order valence-corrected chi connectivity index (χ2v) is 11.0. The minimum Gasteiger partial charge on any atom is -0.0991 e. The van der Waals surface area contributed by atoms with E-state index in [4.69, 9.17) is 0 Å². The minimum absolute atomic E-state index is 0.0353. The third kappa shape index (κ3) is 11.6. The third-order valence-corrected chi connectivity index (χ3v) is 6.41. The van der Waals surface area contributed by atoms with Gasteiger partial charge in [0.1, 0.15) is 0 Å². The quantitative estimate of drug-likeness (QED) is 0.251. The van der Waals surface area contributed by atoms with Crippen LogP contribution in [-0.2, 0) is 0 Å². The number of rotatable bonds is 13. The van der Waals surface area contributed by atoms with Gasteiger partial charge in [-0.1, -0.05) is 141 Å². The Morgan fingerprint density at radius 1 is 0.943 bits per heavy atom. The smallest absolute Gasteiger partial charge is 0.0137 e. The highest BCUT2D eigenvalue weighted by molar-refractivity contribution is 5.82. The van der Waals surface area contributed by atoms with Gasteiger partial charge in [0.15, 0.2) is 0 Å². The molecule has 2 unspecified atom stereocenters. The molecule has 190 valence electrons. The first-order valence-electron chi connectivity index (χ1n) is 13.4. The van der Waals surface area contributed by atoms with Crippen LogP contribution in [0, 0.1) is 24.2 Å². The average molecular weight is 471 g/mol. The Bertz CT molecular complexity index is 966. The molecule has 0 amide bonds. The Hall–Kier alpha value is -2.60. The SMILES string of the molecule is C=C/C=C/C=C(\C=C/C(C)CCC(C)CCC)c1cc(C)cc(C(/C=C\C)=C/C(=C)C(C)(C)C)c1. The molecule has 0 heterocycles. The van der Waals surface area contributed by atoms with Gasteiger partial charge in [-0.05, 0) is 77.0 Å². The van der Waals surface area contributed by atoms with Crippen molar-refractivity contribution in [2.45, 2.75) is 81.1 Å². The van der Waals surface area contributed by atoms with Crippen molar-refractivity contribution in [2.24, 2.45) is 17.3 Å². The van der Waals surface area contributed by atoms with Crippen LogP contribution in [0.15, 0.2) is 91.6 Å². The lowest BCUT2D eigenvalue weighted by Gasteiger charge is -2.20. The first-order valence-corrected chi connectivity index (χ1v) is 13.4. The number of hydrogen-bond donors (Lipinski definition) is 0. The third-order valence-electron chi connectivity index (χ3n) is 6.41. The molecule has 0 saturated carbocycles. The number of hydrogen-bond acceptors (Lipinski definition) is 0. The molecule has 1 aromatic rings. The highest BCUT2D eigenvalue weighted by Crippen LogP contribution is 2.31. The van der Waals surface area contributed by atoms with Crippen molar-refractivity contribution in [3.63, 3.8) is 0 Å². The standard InChI is InChI=1S/C35H50/c1-11-14-15-18-31(22-21-28(5)20-19-27(4)16-12-2)33-23-29(6)24-34(26-33)32(17-13-3)25-30(7)35(8,9)10/h11,13-15,17-18,21-28H,1,7,12,16,19-20H2,2-6,8-10H3/b15-14+,17-13-,22-21-,31-18+,32-25+. The largest absolute Gasteiger partial charge is 0.0991 e. The highest BCUT2D eigenvalue weighted by Gasteiger charge is 2.14. The first-order chi connectivity index (χ1) is 16.5. The molecule has 0 saturated heterocycles. The molecular weight excluding hydrogens is 420 g/mol. The summed E-state index contributed by atoms with van der Waals surface area (Å²) in [5.74, 6) is 1.36. The van der Waals surface area contributed by atoms with Gasteiger partial charge in [-0.25, -0.2) is 0 Å². The van der Waals surface area contributed by atoms with Crippen LogP contribution in [0.5, 0.6) is 0 Å². The maximum absolute atomic E-state index is 4.34. The summed E-state index contributed by atoms with van der Waals surface area (Å²) in [6.07, 6.45) is 24.4. The Balaban J connectivity index is 3.39. The Morgan fingerprint density at radius 3 is 2.17 bits per heavy atom. The van der Waals surface area contributed by atoms with Gasteiger partial charge in [0.25, 0.3) is 0 Å². The Morgan fingerprint density at radius 2 is 1.60 bits per heavy atom. The normalized spacial score (nSPS) is 15.3. The van der Waals surface area contributed by atoms with Gasteiger partial charge >= 0.3 is 0 Å². The lowest BCUT2D eigenvalue weighted by molar-refractivity contribution is 0.440. The topological polar surface area (TPSA) is 0 Å². The van der Waals surface area contributed by atoms with Crippen molar-refractivity contribution in [3.8, 4) is 0 Å². The molecule has 0 aliphatic rings. The monoisotopic (exact) mass is 470 g/mol. The van der Waals surface area contributed by atoms with E-state index < -0.39 is 0 Å². The molecule has 1 rings (SSSR count). The summed E-state index contributed by atoms with van der Waals surface area (Å²) < 4.78 is 0. The van der Waals surface area contributed by atoms with E-state index in [0.29, 0.717) is 5.92 Å². The van der Waals surface area contributed by atoms with E-state index >= 15 is 0 Å². The van der Waals surface area contributed by atoms with Crippen LogP contribution < -0.4 is 0 Å². The summed E-state index contributed by atoms with van der Waals surface area (Å²) >= 11 is 0. The zero-order valence-corrected chi connectivity index (χ0v) is 23.8. The molecule has 0 bridgehead atoms. The van der Waals surface area contributed by atoms with Gasteiger partial charge in [0.2, 0.25) is 0 Å². The summed E-state index contributed by atoms with van der Waals surface area (Å²) in [6, 6.07) is 6.85. The minimum atomic E-state index is 0.0353. The van der Waals surface area contributed by atoms with Crippen LogP contribution in [0.25, 0.3) is 11.1 Å².